The van der Waals surface area contributed by atoms with Gasteiger partial charge < -0.3 is 14.8 Å². The predicted molar refractivity (Wildman–Crippen MR) is 133 cm³/mol. The van der Waals surface area contributed by atoms with E-state index in [4.69, 9.17) is 4.42 Å². The summed E-state index contributed by atoms with van der Waals surface area (Å²) >= 11 is 0. The Morgan fingerprint density at radius 3 is 2.32 bits per heavy atom. The van der Waals surface area contributed by atoms with E-state index in [0.29, 0.717) is 30.7 Å². The molecule has 0 aliphatic carbocycles. The second-order valence-corrected chi connectivity index (χ2v) is 8.86. The topological polar surface area (TPSA) is 88.2 Å². The molecule has 0 radical (unpaired) electrons. The summed E-state index contributed by atoms with van der Waals surface area (Å²) in [5, 5.41) is 21.2. The molecular weight excluding hydrogens is 426 g/mol. The van der Waals surface area contributed by atoms with Crippen LogP contribution in [0.25, 0.3) is 34.0 Å². The van der Waals surface area contributed by atoms with Crippen LogP contribution in [0.4, 0.5) is 0 Å². The van der Waals surface area contributed by atoms with Gasteiger partial charge in [-0.15, -0.1) is 10.2 Å². The van der Waals surface area contributed by atoms with Crippen LogP contribution in [-0.2, 0) is 11.3 Å². The maximum absolute atomic E-state index is 11.5. The average Bonchev–Trinajstić information content (AvgIpc) is 3.32. The molecule has 0 amide bonds. The van der Waals surface area contributed by atoms with E-state index < -0.39 is 12.0 Å². The van der Waals surface area contributed by atoms with Crippen molar-refractivity contribution >= 4 is 5.97 Å². The fourth-order valence-electron chi connectivity index (χ4n) is 4.04. The fraction of sp³-hybridized carbons (Fsp3) is 0.250. The summed E-state index contributed by atoms with van der Waals surface area (Å²) in [6, 6.07) is 23.4. The number of carbonyl (C=O) groups is 1. The van der Waals surface area contributed by atoms with Gasteiger partial charge in [0.2, 0.25) is 11.8 Å². The average molecular weight is 456 g/mol. The molecule has 0 aliphatic rings. The number of nitrogens with one attached hydrogen (secondary N) is 1. The van der Waals surface area contributed by atoms with Crippen molar-refractivity contribution in [2.45, 2.75) is 39.8 Å². The molecule has 2 N–H and O–H groups in total. The van der Waals surface area contributed by atoms with Gasteiger partial charge in [0.25, 0.3) is 0 Å². The van der Waals surface area contributed by atoms with Crippen LogP contribution in [0, 0.1) is 12.8 Å². The van der Waals surface area contributed by atoms with Crippen LogP contribution >= 0.6 is 0 Å². The highest BCUT2D eigenvalue weighted by atomic mass is 16.4. The minimum absolute atomic E-state index is 0.292. The number of aliphatic carboxylic acids is 1. The van der Waals surface area contributed by atoms with Gasteiger partial charge in [-0.25, -0.2) is 0 Å². The van der Waals surface area contributed by atoms with Gasteiger partial charge in [-0.3, -0.25) is 4.79 Å². The summed E-state index contributed by atoms with van der Waals surface area (Å²) in [4.78, 5) is 11.5. The van der Waals surface area contributed by atoms with Crippen molar-refractivity contribution < 1.29 is 14.3 Å². The Kier molecular flexibility index (Phi) is 7.18. The van der Waals surface area contributed by atoms with Gasteiger partial charge >= 0.3 is 5.97 Å². The van der Waals surface area contributed by atoms with E-state index >= 15 is 0 Å². The monoisotopic (exact) mass is 455 g/mol. The lowest BCUT2D eigenvalue weighted by atomic mass is 9.96. The molecule has 174 valence electrons. The third kappa shape index (κ3) is 5.41. The van der Waals surface area contributed by atoms with Gasteiger partial charge in [0.05, 0.1) is 0 Å². The van der Waals surface area contributed by atoms with Gasteiger partial charge in [0.15, 0.2) is 0 Å². The first-order valence-electron chi connectivity index (χ1n) is 11.5. The molecule has 0 aliphatic heterocycles. The largest absolute Gasteiger partial charge is 0.480 e. The summed E-state index contributed by atoms with van der Waals surface area (Å²) in [5.41, 5.74) is 5.99. The van der Waals surface area contributed by atoms with Crippen LogP contribution in [0.1, 0.15) is 31.4 Å². The molecule has 0 saturated carbocycles. The standard InChI is InChI=1S/C28H29N3O3/c1-18(2)15-25(28(32)33)29-17-20-9-7-12-22(16-20)26-30-31-27(34-26)24-14-8-13-23(19(24)3)21-10-5-4-6-11-21/h4-14,16,18,25,29H,15,17H2,1-3H3,(H,32,33). The molecule has 4 aromatic rings. The van der Waals surface area contributed by atoms with Crippen molar-refractivity contribution in [1.29, 1.82) is 0 Å². The number of hydrogen-bond donors (Lipinski definition) is 2. The first-order chi connectivity index (χ1) is 16.4. The molecule has 0 spiro atoms. The molecule has 1 unspecified atom stereocenters. The molecule has 1 aromatic heterocycles. The van der Waals surface area contributed by atoms with Crippen molar-refractivity contribution in [3.05, 3.63) is 83.9 Å². The lowest BCUT2D eigenvalue weighted by Crippen LogP contribution is -2.37. The summed E-state index contributed by atoms with van der Waals surface area (Å²) in [6.45, 7) is 6.53. The van der Waals surface area contributed by atoms with E-state index in [1.165, 1.54) is 0 Å². The molecule has 6 heteroatoms. The van der Waals surface area contributed by atoms with Crippen LogP contribution < -0.4 is 5.32 Å². The van der Waals surface area contributed by atoms with E-state index in [1.54, 1.807) is 0 Å². The molecule has 34 heavy (non-hydrogen) atoms. The zero-order valence-electron chi connectivity index (χ0n) is 19.7. The summed E-state index contributed by atoms with van der Waals surface area (Å²) in [6.07, 6.45) is 0.573. The molecular formula is C28H29N3O3. The van der Waals surface area contributed by atoms with Crippen LogP contribution in [0.15, 0.2) is 77.2 Å². The van der Waals surface area contributed by atoms with Crippen LogP contribution in [0.3, 0.4) is 0 Å². The first kappa shape index (κ1) is 23.4. The maximum atomic E-state index is 11.5. The number of benzene rings is 3. The molecule has 4 rings (SSSR count). The number of carboxylic acids is 1. The summed E-state index contributed by atoms with van der Waals surface area (Å²) < 4.78 is 6.06. The second kappa shape index (κ2) is 10.4. The normalized spacial score (nSPS) is 12.1. The van der Waals surface area contributed by atoms with Gasteiger partial charge in [-0.2, -0.15) is 0 Å². The van der Waals surface area contributed by atoms with Crippen molar-refractivity contribution in [3.8, 4) is 34.0 Å². The zero-order chi connectivity index (χ0) is 24.1. The number of aromatic nitrogens is 2. The number of carboxylic acid groups (broad SMARTS) is 1. The number of nitrogens with zero attached hydrogens (tertiary/aromatic N) is 2. The predicted octanol–water partition coefficient (Wildman–Crippen LogP) is 5.97. The smallest absolute Gasteiger partial charge is 0.320 e. The van der Waals surface area contributed by atoms with E-state index in [-0.39, 0.29) is 0 Å². The third-order valence-corrected chi connectivity index (χ3v) is 5.81. The Labute approximate surface area is 199 Å². The molecule has 1 heterocycles. The van der Waals surface area contributed by atoms with E-state index in [0.717, 1.165) is 33.4 Å². The molecule has 3 aromatic carbocycles. The minimum atomic E-state index is -0.834. The first-order valence-corrected chi connectivity index (χ1v) is 11.5. The fourth-order valence-corrected chi connectivity index (χ4v) is 4.04. The Balaban J connectivity index is 1.55. The van der Waals surface area contributed by atoms with Crippen LogP contribution in [0.5, 0.6) is 0 Å². The minimum Gasteiger partial charge on any atom is -0.480 e. The van der Waals surface area contributed by atoms with Gasteiger partial charge in [-0.1, -0.05) is 68.4 Å². The van der Waals surface area contributed by atoms with Crippen molar-refractivity contribution in [2.75, 3.05) is 0 Å². The van der Waals surface area contributed by atoms with Crippen molar-refractivity contribution in [3.63, 3.8) is 0 Å². The van der Waals surface area contributed by atoms with Crippen molar-refractivity contribution in [1.82, 2.24) is 15.5 Å². The Hall–Kier alpha value is -3.77. The lowest BCUT2D eigenvalue weighted by Gasteiger charge is -2.16. The maximum Gasteiger partial charge on any atom is 0.320 e. The van der Waals surface area contributed by atoms with E-state index in [2.05, 4.69) is 40.6 Å². The quantitative estimate of drug-likeness (QED) is 0.323. The Morgan fingerprint density at radius 2 is 1.59 bits per heavy atom. The van der Waals surface area contributed by atoms with Crippen LogP contribution in [-0.4, -0.2) is 27.3 Å². The van der Waals surface area contributed by atoms with Crippen molar-refractivity contribution in [2.24, 2.45) is 5.92 Å². The number of hydrogen-bond acceptors (Lipinski definition) is 5. The summed E-state index contributed by atoms with van der Waals surface area (Å²) in [7, 11) is 0. The zero-order valence-corrected chi connectivity index (χ0v) is 19.7. The Bertz CT molecular complexity index is 1260. The highest BCUT2D eigenvalue weighted by molar-refractivity contribution is 5.75. The Morgan fingerprint density at radius 1 is 0.912 bits per heavy atom. The van der Waals surface area contributed by atoms with E-state index in [1.807, 2.05) is 68.4 Å². The third-order valence-electron chi connectivity index (χ3n) is 5.81. The van der Waals surface area contributed by atoms with Gasteiger partial charge in [0.1, 0.15) is 6.04 Å². The lowest BCUT2D eigenvalue weighted by molar-refractivity contribution is -0.140. The molecule has 0 bridgehead atoms. The van der Waals surface area contributed by atoms with Gasteiger partial charge in [0, 0.05) is 17.7 Å². The number of rotatable bonds is 9. The van der Waals surface area contributed by atoms with E-state index in [9.17, 15) is 9.90 Å². The van der Waals surface area contributed by atoms with Gasteiger partial charge in [-0.05, 0) is 59.7 Å². The highest BCUT2D eigenvalue weighted by Gasteiger charge is 2.19. The summed E-state index contributed by atoms with van der Waals surface area (Å²) in [5.74, 6) is 0.357. The SMILES string of the molecule is Cc1c(-c2ccccc2)cccc1-c1nnc(-c2cccc(CNC(CC(C)C)C(=O)O)c2)o1. The molecule has 1 atom stereocenters. The second-order valence-electron chi connectivity index (χ2n) is 8.86. The van der Waals surface area contributed by atoms with Crippen LogP contribution in [0.2, 0.25) is 0 Å². The molecule has 0 saturated heterocycles. The highest BCUT2D eigenvalue weighted by Crippen LogP contribution is 2.32. The molecule has 6 nitrogen and oxygen atoms in total. The molecule has 0 fully saturated rings.